The van der Waals surface area contributed by atoms with Gasteiger partial charge in [0.05, 0.1) is 13.7 Å². The molecule has 17 heavy (non-hydrogen) atoms. The second kappa shape index (κ2) is 7.24. The van der Waals surface area contributed by atoms with Crippen molar-refractivity contribution in [3.8, 4) is 0 Å². The molecule has 1 N–H and O–H groups in total. The van der Waals surface area contributed by atoms with Crippen LogP contribution in [0.4, 0.5) is 0 Å². The van der Waals surface area contributed by atoms with Crippen LogP contribution in [0.5, 0.6) is 0 Å². The number of methoxy groups -OCH3 is 1. The molecule has 1 fully saturated rings. The topological polar surface area (TPSA) is 61.9 Å². The molecule has 0 saturated carbocycles. The minimum Gasteiger partial charge on any atom is -0.468 e. The van der Waals surface area contributed by atoms with Crippen LogP contribution in [0.25, 0.3) is 0 Å². The van der Waals surface area contributed by atoms with Gasteiger partial charge in [-0.3, -0.25) is 14.5 Å². The van der Waals surface area contributed by atoms with E-state index >= 15 is 0 Å². The maximum absolute atomic E-state index is 11.7. The highest BCUT2D eigenvalue weighted by Gasteiger charge is 2.21. The van der Waals surface area contributed by atoms with E-state index in [1.165, 1.54) is 7.11 Å². The summed E-state index contributed by atoms with van der Waals surface area (Å²) in [7, 11) is 3.22. The molecule has 1 saturated heterocycles. The minimum absolute atomic E-state index is 0.178. The third-order valence-corrected chi connectivity index (χ3v) is 2.89. The number of piperazine rings is 1. The van der Waals surface area contributed by atoms with Crippen LogP contribution in [0.2, 0.25) is 0 Å². The number of hydrogen-bond donors (Lipinski definition) is 1. The second-order valence-electron chi connectivity index (χ2n) is 4.09. The Hall–Kier alpha value is -1.14. The molecule has 0 aromatic rings. The molecule has 0 aliphatic carbocycles. The van der Waals surface area contributed by atoms with Gasteiger partial charge in [-0.2, -0.15) is 0 Å². The van der Waals surface area contributed by atoms with E-state index in [-0.39, 0.29) is 11.9 Å². The van der Waals surface area contributed by atoms with Crippen molar-refractivity contribution in [2.75, 3.05) is 53.4 Å². The van der Waals surface area contributed by atoms with Crippen LogP contribution in [-0.4, -0.2) is 75.1 Å². The fourth-order valence-corrected chi connectivity index (χ4v) is 1.79. The smallest absolute Gasteiger partial charge is 0.319 e. The zero-order valence-electron chi connectivity index (χ0n) is 10.6. The average molecular weight is 243 g/mol. The first-order valence-electron chi connectivity index (χ1n) is 5.89. The van der Waals surface area contributed by atoms with Crippen molar-refractivity contribution in [3.05, 3.63) is 0 Å². The van der Waals surface area contributed by atoms with Gasteiger partial charge in [0.1, 0.15) is 0 Å². The lowest BCUT2D eigenvalue weighted by atomic mass is 10.2. The van der Waals surface area contributed by atoms with E-state index in [9.17, 15) is 9.59 Å². The number of carbonyl (C=O) groups excluding carboxylic acids is 2. The molecule has 1 amide bonds. The molecule has 0 radical (unpaired) electrons. The molecular formula is C11H21N3O3. The first-order valence-corrected chi connectivity index (χ1v) is 5.89. The van der Waals surface area contributed by atoms with Gasteiger partial charge in [-0.25, -0.2) is 0 Å². The van der Waals surface area contributed by atoms with Crippen LogP contribution in [0.3, 0.4) is 0 Å². The van der Waals surface area contributed by atoms with E-state index in [1.807, 2.05) is 16.8 Å². The van der Waals surface area contributed by atoms with E-state index in [0.29, 0.717) is 32.6 Å². The van der Waals surface area contributed by atoms with Gasteiger partial charge in [0, 0.05) is 39.1 Å². The molecule has 1 aliphatic rings. The SMILES string of the molecule is CNCCC(=O)N1CCN(CC(=O)OC)CC1. The summed E-state index contributed by atoms with van der Waals surface area (Å²) in [5, 5.41) is 2.96. The molecule has 0 spiro atoms. The molecule has 1 heterocycles. The maximum Gasteiger partial charge on any atom is 0.319 e. The lowest BCUT2D eigenvalue weighted by molar-refractivity contribution is -0.142. The third kappa shape index (κ3) is 4.70. The van der Waals surface area contributed by atoms with Gasteiger partial charge in [0.15, 0.2) is 0 Å². The van der Waals surface area contributed by atoms with Crippen LogP contribution in [0.1, 0.15) is 6.42 Å². The predicted octanol–water partition coefficient (Wildman–Crippen LogP) is -1.09. The first kappa shape index (κ1) is 13.9. The quantitative estimate of drug-likeness (QED) is 0.622. The number of carbonyl (C=O) groups is 2. The van der Waals surface area contributed by atoms with E-state index in [1.54, 1.807) is 0 Å². The molecule has 6 heteroatoms. The average Bonchev–Trinajstić information content (AvgIpc) is 2.36. The van der Waals surface area contributed by atoms with Crippen molar-refractivity contribution in [2.24, 2.45) is 0 Å². The Labute approximate surface area is 102 Å². The van der Waals surface area contributed by atoms with E-state index in [0.717, 1.165) is 13.1 Å². The van der Waals surface area contributed by atoms with E-state index in [4.69, 9.17) is 0 Å². The predicted molar refractivity (Wildman–Crippen MR) is 63.6 cm³/mol. The molecule has 0 atom stereocenters. The maximum atomic E-state index is 11.7. The third-order valence-electron chi connectivity index (χ3n) is 2.89. The highest BCUT2D eigenvalue weighted by molar-refractivity contribution is 5.76. The Morgan fingerprint density at radius 2 is 1.88 bits per heavy atom. The van der Waals surface area contributed by atoms with Gasteiger partial charge >= 0.3 is 5.97 Å². The lowest BCUT2D eigenvalue weighted by Gasteiger charge is -2.34. The molecule has 1 aliphatic heterocycles. The van der Waals surface area contributed by atoms with Gasteiger partial charge in [-0.1, -0.05) is 0 Å². The van der Waals surface area contributed by atoms with Gasteiger partial charge in [0.2, 0.25) is 5.91 Å². The Morgan fingerprint density at radius 3 is 2.41 bits per heavy atom. The molecule has 0 aromatic heterocycles. The summed E-state index contributed by atoms with van der Waals surface area (Å²) >= 11 is 0. The molecule has 6 nitrogen and oxygen atoms in total. The van der Waals surface area contributed by atoms with Crippen molar-refractivity contribution < 1.29 is 14.3 Å². The molecular weight excluding hydrogens is 222 g/mol. The first-order chi connectivity index (χ1) is 8.17. The summed E-state index contributed by atoms with van der Waals surface area (Å²) in [4.78, 5) is 26.7. The van der Waals surface area contributed by atoms with Crippen LogP contribution < -0.4 is 5.32 Å². The summed E-state index contributed by atoms with van der Waals surface area (Å²) in [6, 6.07) is 0. The number of nitrogens with one attached hydrogen (secondary N) is 1. The van der Waals surface area contributed by atoms with Crippen LogP contribution in [0, 0.1) is 0 Å². The summed E-state index contributed by atoms with van der Waals surface area (Å²) in [6.45, 7) is 3.89. The fourth-order valence-electron chi connectivity index (χ4n) is 1.79. The Bertz CT molecular complexity index is 263. The van der Waals surface area contributed by atoms with Gasteiger partial charge in [-0.15, -0.1) is 0 Å². The van der Waals surface area contributed by atoms with Gasteiger partial charge in [-0.05, 0) is 7.05 Å². The van der Waals surface area contributed by atoms with Crippen LogP contribution in [0.15, 0.2) is 0 Å². The second-order valence-corrected chi connectivity index (χ2v) is 4.09. The molecule has 1 rings (SSSR count). The Morgan fingerprint density at radius 1 is 1.24 bits per heavy atom. The van der Waals surface area contributed by atoms with E-state index in [2.05, 4.69) is 10.1 Å². The highest BCUT2D eigenvalue weighted by Crippen LogP contribution is 2.03. The number of esters is 1. The zero-order valence-corrected chi connectivity index (χ0v) is 10.6. The number of ether oxygens (including phenoxy) is 1. The van der Waals surface area contributed by atoms with Crippen molar-refractivity contribution >= 4 is 11.9 Å². The molecule has 0 aromatic carbocycles. The van der Waals surface area contributed by atoms with Crippen molar-refractivity contribution in [1.29, 1.82) is 0 Å². The molecule has 0 bridgehead atoms. The van der Waals surface area contributed by atoms with Crippen molar-refractivity contribution in [2.45, 2.75) is 6.42 Å². The number of nitrogens with zero attached hydrogens (tertiary/aromatic N) is 2. The molecule has 98 valence electrons. The fraction of sp³-hybridized carbons (Fsp3) is 0.818. The van der Waals surface area contributed by atoms with Crippen molar-refractivity contribution in [3.63, 3.8) is 0 Å². The Kier molecular flexibility index (Phi) is 5.93. The largest absolute Gasteiger partial charge is 0.468 e. The normalized spacial score (nSPS) is 16.9. The Balaban J connectivity index is 2.25. The zero-order chi connectivity index (χ0) is 12.7. The van der Waals surface area contributed by atoms with E-state index < -0.39 is 0 Å². The standard InChI is InChI=1S/C11H21N3O3/c1-12-4-3-10(15)14-7-5-13(6-8-14)9-11(16)17-2/h12H,3-9H2,1-2H3. The lowest BCUT2D eigenvalue weighted by Crippen LogP contribution is -2.50. The summed E-state index contributed by atoms with van der Waals surface area (Å²) in [6.07, 6.45) is 0.535. The van der Waals surface area contributed by atoms with Crippen LogP contribution >= 0.6 is 0 Å². The monoisotopic (exact) mass is 243 g/mol. The number of rotatable bonds is 5. The van der Waals surface area contributed by atoms with Crippen LogP contribution in [-0.2, 0) is 14.3 Å². The summed E-state index contributed by atoms with van der Waals surface area (Å²) in [5.74, 6) is -0.0444. The molecule has 0 unspecified atom stereocenters. The van der Waals surface area contributed by atoms with Gasteiger partial charge in [0.25, 0.3) is 0 Å². The summed E-state index contributed by atoms with van der Waals surface area (Å²) < 4.78 is 4.61. The number of amides is 1. The minimum atomic E-state index is -0.222. The van der Waals surface area contributed by atoms with Gasteiger partial charge < -0.3 is 15.0 Å². The highest BCUT2D eigenvalue weighted by atomic mass is 16.5. The van der Waals surface area contributed by atoms with Crippen molar-refractivity contribution in [1.82, 2.24) is 15.1 Å². The summed E-state index contributed by atoms with van der Waals surface area (Å²) in [5.41, 5.74) is 0. The number of hydrogen-bond acceptors (Lipinski definition) is 5.